The first-order valence-electron chi connectivity index (χ1n) is 5.35. The number of hydrogen-bond acceptors (Lipinski definition) is 3. The van der Waals surface area contributed by atoms with Gasteiger partial charge < -0.3 is 0 Å². The fraction of sp³-hybridized carbons (Fsp3) is 0.250. The van der Waals surface area contributed by atoms with Gasteiger partial charge in [-0.1, -0.05) is 29.0 Å². The molecular formula is C12H12N4. The van der Waals surface area contributed by atoms with E-state index in [9.17, 15) is 0 Å². The highest BCUT2D eigenvalue weighted by Crippen LogP contribution is 2.14. The lowest BCUT2D eigenvalue weighted by atomic mass is 10.0. The predicted molar refractivity (Wildman–Crippen MR) is 61.7 cm³/mol. The molecule has 4 nitrogen and oxygen atoms in total. The number of fused-ring (bicyclic) bond motifs is 1. The first-order valence-corrected chi connectivity index (χ1v) is 5.35. The highest BCUT2D eigenvalue weighted by Gasteiger charge is 2.16. The Kier molecular flexibility index (Phi) is 2.06. The van der Waals surface area contributed by atoms with Gasteiger partial charge in [-0.2, -0.15) is 0 Å². The van der Waals surface area contributed by atoms with Crippen LogP contribution in [0.25, 0.3) is 0 Å². The zero-order valence-corrected chi connectivity index (χ0v) is 9.09. The molecule has 0 N–H and O–H groups in total. The van der Waals surface area contributed by atoms with Crippen LogP contribution in [0.4, 0.5) is 0 Å². The van der Waals surface area contributed by atoms with Crippen LogP contribution in [-0.4, -0.2) is 27.3 Å². The fourth-order valence-electron chi connectivity index (χ4n) is 1.98. The van der Waals surface area contributed by atoms with Gasteiger partial charge in [-0.05, 0) is 13.0 Å². The Morgan fingerprint density at radius 3 is 3.12 bits per heavy atom. The lowest BCUT2D eigenvalue weighted by Crippen LogP contribution is -2.19. The summed E-state index contributed by atoms with van der Waals surface area (Å²) in [5.41, 5.74) is 4.39. The minimum Gasteiger partial charge on any atom is -0.280 e. The van der Waals surface area contributed by atoms with Crippen molar-refractivity contribution in [3.05, 3.63) is 47.3 Å². The van der Waals surface area contributed by atoms with Crippen molar-refractivity contribution >= 4 is 5.71 Å². The van der Waals surface area contributed by atoms with Crippen molar-refractivity contribution in [1.29, 1.82) is 0 Å². The van der Waals surface area contributed by atoms with E-state index in [1.165, 1.54) is 5.56 Å². The molecule has 1 aromatic carbocycles. The lowest BCUT2D eigenvalue weighted by molar-refractivity contribution is 0.584. The van der Waals surface area contributed by atoms with Crippen molar-refractivity contribution in [2.45, 2.75) is 13.5 Å². The maximum Gasteiger partial charge on any atom is 0.107 e. The molecule has 0 fully saturated rings. The number of nitrogens with zero attached hydrogens (tertiary/aromatic N) is 4. The second kappa shape index (κ2) is 3.56. The predicted octanol–water partition coefficient (Wildman–Crippen LogP) is 1.44. The molecule has 80 valence electrons. The van der Waals surface area contributed by atoms with E-state index >= 15 is 0 Å². The Hall–Kier alpha value is -1.97. The standard InChI is InChI=1S/C12H12N4/c1-9-3-2-4-10(7-9)12-11-8-14-15-16(11)6-5-13-12/h2-4,7-8H,5-6H2,1H3. The summed E-state index contributed by atoms with van der Waals surface area (Å²) in [4.78, 5) is 4.57. The summed E-state index contributed by atoms with van der Waals surface area (Å²) in [7, 11) is 0. The van der Waals surface area contributed by atoms with Crippen LogP contribution in [0, 0.1) is 6.92 Å². The van der Waals surface area contributed by atoms with Crippen LogP contribution >= 0.6 is 0 Å². The van der Waals surface area contributed by atoms with Crippen molar-refractivity contribution in [1.82, 2.24) is 15.0 Å². The number of benzene rings is 1. The van der Waals surface area contributed by atoms with E-state index in [-0.39, 0.29) is 0 Å². The van der Waals surface area contributed by atoms with E-state index in [0.717, 1.165) is 30.1 Å². The van der Waals surface area contributed by atoms with Gasteiger partial charge in [0.1, 0.15) is 5.69 Å². The van der Waals surface area contributed by atoms with Crippen LogP contribution in [0.3, 0.4) is 0 Å². The highest BCUT2D eigenvalue weighted by molar-refractivity contribution is 6.12. The first kappa shape index (κ1) is 9.27. The minimum atomic E-state index is 0.777. The molecule has 4 heteroatoms. The molecular weight excluding hydrogens is 200 g/mol. The van der Waals surface area contributed by atoms with Crippen LogP contribution in [0.5, 0.6) is 0 Å². The van der Waals surface area contributed by atoms with Gasteiger partial charge in [0.25, 0.3) is 0 Å². The molecule has 0 amide bonds. The zero-order chi connectivity index (χ0) is 11.0. The molecule has 2 aromatic rings. The summed E-state index contributed by atoms with van der Waals surface area (Å²) in [6.45, 7) is 3.69. The number of hydrogen-bond donors (Lipinski definition) is 0. The van der Waals surface area contributed by atoms with E-state index in [4.69, 9.17) is 0 Å². The van der Waals surface area contributed by atoms with Crippen LogP contribution in [0.1, 0.15) is 16.8 Å². The third kappa shape index (κ3) is 1.43. The molecule has 2 heterocycles. The Balaban J connectivity index is 2.12. The molecule has 3 rings (SSSR count). The van der Waals surface area contributed by atoms with Gasteiger partial charge in [-0.15, -0.1) is 5.10 Å². The fourth-order valence-corrected chi connectivity index (χ4v) is 1.98. The number of aliphatic imine (C=N–C) groups is 1. The van der Waals surface area contributed by atoms with E-state index in [0.29, 0.717) is 0 Å². The van der Waals surface area contributed by atoms with Gasteiger partial charge in [0.2, 0.25) is 0 Å². The second-order valence-electron chi connectivity index (χ2n) is 3.94. The van der Waals surface area contributed by atoms with E-state index in [1.807, 2.05) is 4.68 Å². The monoisotopic (exact) mass is 212 g/mol. The molecule has 1 aliphatic rings. The largest absolute Gasteiger partial charge is 0.280 e. The summed E-state index contributed by atoms with van der Waals surface area (Å²) in [5, 5.41) is 7.97. The van der Waals surface area contributed by atoms with E-state index in [1.54, 1.807) is 6.20 Å². The molecule has 0 radical (unpaired) electrons. The van der Waals surface area contributed by atoms with Crippen molar-refractivity contribution in [2.75, 3.05) is 6.54 Å². The van der Waals surface area contributed by atoms with Crippen molar-refractivity contribution < 1.29 is 0 Å². The SMILES string of the molecule is Cc1cccc(C2=NCCn3nncc32)c1. The Labute approximate surface area is 93.6 Å². The summed E-state index contributed by atoms with van der Waals surface area (Å²) < 4.78 is 1.91. The summed E-state index contributed by atoms with van der Waals surface area (Å²) >= 11 is 0. The third-order valence-corrected chi connectivity index (χ3v) is 2.73. The average molecular weight is 212 g/mol. The topological polar surface area (TPSA) is 43.1 Å². The number of aryl methyl sites for hydroxylation is 1. The number of aromatic nitrogens is 3. The third-order valence-electron chi connectivity index (χ3n) is 2.73. The zero-order valence-electron chi connectivity index (χ0n) is 9.09. The smallest absolute Gasteiger partial charge is 0.107 e. The molecule has 0 spiro atoms. The van der Waals surface area contributed by atoms with E-state index < -0.39 is 0 Å². The molecule has 16 heavy (non-hydrogen) atoms. The molecule has 0 unspecified atom stereocenters. The van der Waals surface area contributed by atoms with Gasteiger partial charge in [0.05, 0.1) is 25.0 Å². The Bertz CT molecular complexity index is 554. The summed E-state index contributed by atoms with van der Waals surface area (Å²) in [6.07, 6.45) is 1.78. The molecule has 0 saturated carbocycles. The van der Waals surface area contributed by atoms with Crippen LogP contribution in [0.15, 0.2) is 35.5 Å². The first-order chi connectivity index (χ1) is 7.84. The molecule has 0 atom stereocenters. The van der Waals surface area contributed by atoms with Gasteiger partial charge in [-0.3, -0.25) is 4.99 Å². The normalized spacial score (nSPS) is 14.4. The van der Waals surface area contributed by atoms with Crippen molar-refractivity contribution in [2.24, 2.45) is 4.99 Å². The van der Waals surface area contributed by atoms with E-state index in [2.05, 4.69) is 46.5 Å². The molecule has 1 aromatic heterocycles. The highest BCUT2D eigenvalue weighted by atomic mass is 15.4. The number of rotatable bonds is 1. The maximum absolute atomic E-state index is 4.57. The quantitative estimate of drug-likeness (QED) is 0.717. The van der Waals surface area contributed by atoms with Crippen molar-refractivity contribution in [3.8, 4) is 0 Å². The maximum atomic E-state index is 4.57. The molecule has 0 bridgehead atoms. The lowest BCUT2D eigenvalue weighted by Gasteiger charge is -2.14. The summed E-state index contributed by atoms with van der Waals surface area (Å²) in [6, 6.07) is 8.36. The van der Waals surface area contributed by atoms with Gasteiger partial charge in [0, 0.05) is 5.56 Å². The molecule has 1 aliphatic heterocycles. The average Bonchev–Trinajstić information content (AvgIpc) is 2.76. The summed E-state index contributed by atoms with van der Waals surface area (Å²) in [5.74, 6) is 0. The van der Waals surface area contributed by atoms with Crippen molar-refractivity contribution in [3.63, 3.8) is 0 Å². The van der Waals surface area contributed by atoms with Crippen LogP contribution in [0.2, 0.25) is 0 Å². The van der Waals surface area contributed by atoms with Gasteiger partial charge in [0.15, 0.2) is 0 Å². The molecule has 0 saturated heterocycles. The Morgan fingerprint density at radius 2 is 2.25 bits per heavy atom. The minimum absolute atomic E-state index is 0.777. The van der Waals surface area contributed by atoms with Gasteiger partial charge >= 0.3 is 0 Å². The Morgan fingerprint density at radius 1 is 1.31 bits per heavy atom. The van der Waals surface area contributed by atoms with Crippen LogP contribution in [-0.2, 0) is 6.54 Å². The molecule has 0 aliphatic carbocycles. The van der Waals surface area contributed by atoms with Gasteiger partial charge in [-0.25, -0.2) is 4.68 Å². The second-order valence-corrected chi connectivity index (χ2v) is 3.94. The van der Waals surface area contributed by atoms with Crippen LogP contribution < -0.4 is 0 Å².